The van der Waals surface area contributed by atoms with Crippen LogP contribution in [0.3, 0.4) is 0 Å². The molecule has 0 unspecified atom stereocenters. The largest absolute Gasteiger partial charge is 0.489 e. The normalized spacial score (nSPS) is 10.3. The molecule has 0 amide bonds. The van der Waals surface area contributed by atoms with Crippen molar-refractivity contribution >= 4 is 17.6 Å². The second kappa shape index (κ2) is 6.39. The third kappa shape index (κ3) is 3.96. The first-order chi connectivity index (χ1) is 9.54. The molecule has 0 bridgehead atoms. The van der Waals surface area contributed by atoms with Gasteiger partial charge in [0.15, 0.2) is 0 Å². The summed E-state index contributed by atoms with van der Waals surface area (Å²) in [6, 6.07) is 10.9. The maximum absolute atomic E-state index is 12.9. The van der Waals surface area contributed by atoms with Gasteiger partial charge in [-0.3, -0.25) is 4.79 Å². The summed E-state index contributed by atoms with van der Waals surface area (Å²) in [4.78, 5) is 10.6. The van der Waals surface area contributed by atoms with Crippen LogP contribution in [-0.4, -0.2) is 11.1 Å². The van der Waals surface area contributed by atoms with Crippen molar-refractivity contribution < 1.29 is 19.0 Å². The number of rotatable bonds is 5. The molecule has 0 heterocycles. The molecule has 0 aliphatic rings. The van der Waals surface area contributed by atoms with E-state index >= 15 is 0 Å². The van der Waals surface area contributed by atoms with Crippen molar-refractivity contribution in [2.24, 2.45) is 0 Å². The van der Waals surface area contributed by atoms with Crippen LogP contribution in [0, 0.1) is 5.82 Å². The summed E-state index contributed by atoms with van der Waals surface area (Å²) in [6.07, 6.45) is -0.0237. The number of carboxylic acids is 1. The van der Waals surface area contributed by atoms with Gasteiger partial charge in [-0.05, 0) is 29.8 Å². The molecule has 0 aromatic heterocycles. The molecule has 2 aromatic rings. The van der Waals surface area contributed by atoms with Crippen molar-refractivity contribution in [2.45, 2.75) is 13.0 Å². The Morgan fingerprint density at radius 3 is 2.50 bits per heavy atom. The number of hydrogen-bond acceptors (Lipinski definition) is 2. The van der Waals surface area contributed by atoms with Crippen LogP contribution in [0.5, 0.6) is 5.75 Å². The Bertz CT molecular complexity index is 611. The Morgan fingerprint density at radius 1 is 1.20 bits per heavy atom. The van der Waals surface area contributed by atoms with E-state index in [1.54, 1.807) is 30.3 Å². The molecular weight excluding hydrogens is 283 g/mol. The van der Waals surface area contributed by atoms with Crippen LogP contribution >= 0.6 is 11.6 Å². The molecule has 2 aromatic carbocycles. The highest BCUT2D eigenvalue weighted by Gasteiger charge is 2.04. The monoisotopic (exact) mass is 294 g/mol. The standard InChI is InChI=1S/C15H12ClFO3/c16-14-8-12(17)4-3-11(14)9-20-13-5-1-10(2-6-13)7-15(18)19/h1-6,8H,7,9H2,(H,18,19). The van der Waals surface area contributed by atoms with Crippen LogP contribution in [0.2, 0.25) is 5.02 Å². The fraction of sp³-hybridized carbons (Fsp3) is 0.133. The molecule has 0 atom stereocenters. The highest BCUT2D eigenvalue weighted by molar-refractivity contribution is 6.31. The molecule has 5 heteroatoms. The van der Waals surface area contributed by atoms with Crippen LogP contribution in [-0.2, 0) is 17.8 Å². The van der Waals surface area contributed by atoms with Gasteiger partial charge in [0.25, 0.3) is 0 Å². The maximum atomic E-state index is 12.9. The average Bonchev–Trinajstić information content (AvgIpc) is 2.39. The van der Waals surface area contributed by atoms with Gasteiger partial charge in [-0.25, -0.2) is 4.39 Å². The van der Waals surface area contributed by atoms with Gasteiger partial charge in [-0.2, -0.15) is 0 Å². The van der Waals surface area contributed by atoms with Crippen molar-refractivity contribution in [3.63, 3.8) is 0 Å². The van der Waals surface area contributed by atoms with Crippen molar-refractivity contribution in [2.75, 3.05) is 0 Å². The lowest BCUT2D eigenvalue weighted by molar-refractivity contribution is -0.136. The van der Waals surface area contributed by atoms with Gasteiger partial charge in [0, 0.05) is 5.56 Å². The molecule has 20 heavy (non-hydrogen) atoms. The summed E-state index contributed by atoms with van der Waals surface area (Å²) in [6.45, 7) is 0.220. The quantitative estimate of drug-likeness (QED) is 0.915. The summed E-state index contributed by atoms with van der Waals surface area (Å²) in [7, 11) is 0. The zero-order valence-corrected chi connectivity index (χ0v) is 11.2. The second-order valence-corrected chi connectivity index (χ2v) is 4.65. The molecule has 0 radical (unpaired) electrons. The van der Waals surface area contributed by atoms with E-state index < -0.39 is 11.8 Å². The Kier molecular flexibility index (Phi) is 4.58. The predicted molar refractivity (Wildman–Crippen MR) is 73.5 cm³/mol. The number of benzene rings is 2. The smallest absolute Gasteiger partial charge is 0.307 e. The van der Waals surface area contributed by atoms with Gasteiger partial charge in [0.1, 0.15) is 18.2 Å². The molecule has 0 saturated carbocycles. The van der Waals surface area contributed by atoms with Gasteiger partial charge in [0.05, 0.1) is 11.4 Å². The maximum Gasteiger partial charge on any atom is 0.307 e. The molecule has 0 fully saturated rings. The number of halogens is 2. The number of carbonyl (C=O) groups is 1. The van der Waals surface area contributed by atoms with E-state index in [2.05, 4.69) is 0 Å². The van der Waals surface area contributed by atoms with E-state index in [0.717, 1.165) is 0 Å². The van der Waals surface area contributed by atoms with Crippen molar-refractivity contribution in [1.29, 1.82) is 0 Å². The third-order valence-corrected chi connectivity index (χ3v) is 3.04. The number of hydrogen-bond donors (Lipinski definition) is 1. The number of aliphatic carboxylic acids is 1. The van der Waals surface area contributed by atoms with Crippen molar-refractivity contribution in [3.05, 3.63) is 64.4 Å². The van der Waals surface area contributed by atoms with Crippen molar-refractivity contribution in [1.82, 2.24) is 0 Å². The summed E-state index contributed by atoms with van der Waals surface area (Å²) < 4.78 is 18.4. The summed E-state index contributed by atoms with van der Waals surface area (Å²) in [5.41, 5.74) is 1.38. The fourth-order valence-electron chi connectivity index (χ4n) is 1.68. The molecular formula is C15H12ClFO3. The Hall–Kier alpha value is -2.07. The lowest BCUT2D eigenvalue weighted by Crippen LogP contribution is -2.00. The van der Waals surface area contributed by atoms with E-state index in [4.69, 9.17) is 21.4 Å². The SMILES string of the molecule is O=C(O)Cc1ccc(OCc2ccc(F)cc2Cl)cc1. The minimum Gasteiger partial charge on any atom is -0.489 e. The second-order valence-electron chi connectivity index (χ2n) is 4.24. The average molecular weight is 295 g/mol. The van der Waals surface area contributed by atoms with Crippen LogP contribution in [0.4, 0.5) is 4.39 Å². The van der Waals surface area contributed by atoms with E-state index in [0.29, 0.717) is 21.9 Å². The van der Waals surface area contributed by atoms with E-state index in [9.17, 15) is 9.18 Å². The van der Waals surface area contributed by atoms with Crippen LogP contribution < -0.4 is 4.74 Å². The van der Waals surface area contributed by atoms with Gasteiger partial charge in [-0.1, -0.05) is 29.8 Å². The molecule has 3 nitrogen and oxygen atoms in total. The first-order valence-electron chi connectivity index (χ1n) is 5.92. The van der Waals surface area contributed by atoms with Crippen molar-refractivity contribution in [3.8, 4) is 5.75 Å². The highest BCUT2D eigenvalue weighted by atomic mass is 35.5. The van der Waals surface area contributed by atoms with Gasteiger partial charge >= 0.3 is 5.97 Å². The molecule has 0 spiro atoms. The van der Waals surface area contributed by atoms with Crippen LogP contribution in [0.15, 0.2) is 42.5 Å². The third-order valence-electron chi connectivity index (χ3n) is 2.69. The lowest BCUT2D eigenvalue weighted by atomic mass is 10.1. The molecule has 0 aliphatic carbocycles. The van der Waals surface area contributed by atoms with Crippen LogP contribution in [0.1, 0.15) is 11.1 Å². The topological polar surface area (TPSA) is 46.5 Å². The Labute approximate surface area is 120 Å². The van der Waals surface area contributed by atoms with Gasteiger partial charge in [-0.15, -0.1) is 0 Å². The first kappa shape index (κ1) is 14.3. The lowest BCUT2D eigenvalue weighted by Gasteiger charge is -2.08. The molecule has 2 rings (SSSR count). The fourth-order valence-corrected chi connectivity index (χ4v) is 1.90. The number of ether oxygens (including phenoxy) is 1. The zero-order valence-electron chi connectivity index (χ0n) is 10.5. The minimum absolute atomic E-state index is 0.0237. The Morgan fingerprint density at radius 2 is 1.90 bits per heavy atom. The highest BCUT2D eigenvalue weighted by Crippen LogP contribution is 2.20. The van der Waals surface area contributed by atoms with Gasteiger partial charge < -0.3 is 9.84 Å². The zero-order chi connectivity index (χ0) is 14.5. The van der Waals surface area contributed by atoms with Gasteiger partial charge in [0.2, 0.25) is 0 Å². The number of carboxylic acid groups (broad SMARTS) is 1. The molecule has 104 valence electrons. The molecule has 0 aliphatic heterocycles. The summed E-state index contributed by atoms with van der Waals surface area (Å²) in [5, 5.41) is 8.98. The first-order valence-corrected chi connectivity index (χ1v) is 6.30. The van der Waals surface area contributed by atoms with E-state index in [1.165, 1.54) is 12.1 Å². The van der Waals surface area contributed by atoms with E-state index in [1.807, 2.05) is 0 Å². The predicted octanol–water partition coefficient (Wildman–Crippen LogP) is 3.69. The molecule has 0 saturated heterocycles. The minimum atomic E-state index is -0.878. The van der Waals surface area contributed by atoms with Crippen LogP contribution in [0.25, 0.3) is 0 Å². The Balaban J connectivity index is 1.98. The molecule has 1 N–H and O–H groups in total. The van der Waals surface area contributed by atoms with E-state index in [-0.39, 0.29) is 13.0 Å². The summed E-state index contributed by atoms with van der Waals surface area (Å²) >= 11 is 5.89. The summed E-state index contributed by atoms with van der Waals surface area (Å²) in [5.74, 6) is -0.673.